The quantitative estimate of drug-likeness (QED) is 0.812. The molecule has 2 fully saturated rings. The summed E-state index contributed by atoms with van der Waals surface area (Å²) in [5, 5.41) is 10.3. The number of aromatic nitrogens is 2. The average Bonchev–Trinajstić information content (AvgIpc) is 2.68. The molecular weight excluding hydrogens is 340 g/mol. The predicted molar refractivity (Wildman–Crippen MR) is 105 cm³/mol. The van der Waals surface area contributed by atoms with Gasteiger partial charge in [0.15, 0.2) is 0 Å². The molecule has 0 radical (unpaired) electrons. The Balaban J connectivity index is 1.55. The lowest BCUT2D eigenvalue weighted by Crippen LogP contribution is -2.53. The van der Waals surface area contributed by atoms with E-state index in [4.69, 9.17) is 4.74 Å². The number of hydrogen-bond donors (Lipinski definition) is 0. The zero-order valence-electron chi connectivity index (χ0n) is 16.0. The SMILES string of the molecule is C[C@@H]1CN(c2ccc(C#N)c3ncncc23)C[C@H](CN2CCN(C)CC2)O1. The van der Waals surface area contributed by atoms with Gasteiger partial charge in [-0.3, -0.25) is 4.90 Å². The van der Waals surface area contributed by atoms with Crippen molar-refractivity contribution in [2.75, 3.05) is 57.8 Å². The van der Waals surface area contributed by atoms with Crippen LogP contribution in [0.1, 0.15) is 12.5 Å². The van der Waals surface area contributed by atoms with Gasteiger partial charge in [-0.05, 0) is 26.1 Å². The van der Waals surface area contributed by atoms with Crippen molar-refractivity contribution in [3.63, 3.8) is 0 Å². The Labute approximate surface area is 160 Å². The molecule has 2 atom stereocenters. The maximum Gasteiger partial charge on any atom is 0.116 e. The first-order chi connectivity index (χ1) is 13.1. The lowest BCUT2D eigenvalue weighted by atomic mass is 10.1. The van der Waals surface area contributed by atoms with Crippen LogP contribution in [0.4, 0.5) is 5.69 Å². The number of ether oxygens (including phenoxy) is 1. The van der Waals surface area contributed by atoms with E-state index in [1.54, 1.807) is 0 Å². The third-order valence-corrected chi connectivity index (χ3v) is 5.50. The summed E-state index contributed by atoms with van der Waals surface area (Å²) < 4.78 is 6.24. The summed E-state index contributed by atoms with van der Waals surface area (Å²) in [5.41, 5.74) is 2.40. The highest BCUT2D eigenvalue weighted by Crippen LogP contribution is 2.29. The lowest BCUT2D eigenvalue weighted by molar-refractivity contribution is -0.0369. The van der Waals surface area contributed by atoms with Crippen molar-refractivity contribution in [3.05, 3.63) is 30.2 Å². The van der Waals surface area contributed by atoms with Gasteiger partial charge in [-0.25, -0.2) is 9.97 Å². The van der Waals surface area contributed by atoms with Gasteiger partial charge in [0.05, 0.1) is 23.3 Å². The summed E-state index contributed by atoms with van der Waals surface area (Å²) in [6, 6.07) is 6.12. The number of fused-ring (bicyclic) bond motifs is 1. The van der Waals surface area contributed by atoms with Crippen molar-refractivity contribution in [2.45, 2.75) is 19.1 Å². The van der Waals surface area contributed by atoms with Crippen molar-refractivity contribution >= 4 is 16.6 Å². The highest BCUT2D eigenvalue weighted by atomic mass is 16.5. The molecule has 7 heteroatoms. The molecule has 0 spiro atoms. The van der Waals surface area contributed by atoms with Crippen molar-refractivity contribution in [2.24, 2.45) is 0 Å². The zero-order valence-corrected chi connectivity index (χ0v) is 16.0. The molecule has 2 aromatic rings. The molecule has 2 aliphatic rings. The Hall–Kier alpha value is -2.27. The highest BCUT2D eigenvalue weighted by molar-refractivity contribution is 5.94. The molecule has 0 aliphatic carbocycles. The van der Waals surface area contributed by atoms with Gasteiger partial charge < -0.3 is 14.5 Å². The second-order valence-corrected chi connectivity index (χ2v) is 7.61. The normalized spacial score (nSPS) is 24.9. The average molecular weight is 366 g/mol. The molecule has 2 aliphatic heterocycles. The predicted octanol–water partition coefficient (Wildman–Crippen LogP) is 1.34. The van der Waals surface area contributed by atoms with Gasteiger partial charge in [0.1, 0.15) is 12.4 Å². The number of anilines is 1. The topological polar surface area (TPSA) is 68.5 Å². The molecule has 0 N–H and O–H groups in total. The van der Waals surface area contributed by atoms with Crippen LogP contribution in [-0.4, -0.2) is 84.8 Å². The maximum absolute atomic E-state index is 9.37. The Morgan fingerprint density at radius 1 is 1.22 bits per heavy atom. The fourth-order valence-corrected chi connectivity index (χ4v) is 4.09. The summed E-state index contributed by atoms with van der Waals surface area (Å²) >= 11 is 0. The smallest absolute Gasteiger partial charge is 0.116 e. The summed E-state index contributed by atoms with van der Waals surface area (Å²) in [5.74, 6) is 0. The fourth-order valence-electron chi connectivity index (χ4n) is 4.09. The van der Waals surface area contributed by atoms with Crippen LogP contribution in [0.2, 0.25) is 0 Å². The fraction of sp³-hybridized carbons (Fsp3) is 0.550. The number of morpholine rings is 1. The first-order valence-electron chi connectivity index (χ1n) is 9.58. The molecular formula is C20H26N6O. The molecule has 0 saturated carbocycles. The summed E-state index contributed by atoms with van der Waals surface area (Å²) in [6.07, 6.45) is 3.65. The number of likely N-dealkylation sites (N-methyl/N-ethyl adjacent to an activating group) is 1. The first kappa shape index (κ1) is 18.1. The molecule has 1 aromatic carbocycles. The molecule has 27 heavy (non-hydrogen) atoms. The van der Waals surface area contributed by atoms with Gasteiger partial charge in [0.25, 0.3) is 0 Å². The molecule has 1 aromatic heterocycles. The van der Waals surface area contributed by atoms with E-state index in [1.807, 2.05) is 18.3 Å². The number of rotatable bonds is 3. The van der Waals surface area contributed by atoms with E-state index in [9.17, 15) is 5.26 Å². The van der Waals surface area contributed by atoms with Gasteiger partial charge >= 0.3 is 0 Å². The van der Waals surface area contributed by atoms with Crippen LogP contribution in [0.25, 0.3) is 10.9 Å². The molecule has 4 rings (SSSR count). The molecule has 142 valence electrons. The Morgan fingerprint density at radius 2 is 2.04 bits per heavy atom. The van der Waals surface area contributed by atoms with Crippen LogP contribution in [0.5, 0.6) is 0 Å². The van der Waals surface area contributed by atoms with Gasteiger partial charge in [0.2, 0.25) is 0 Å². The highest BCUT2D eigenvalue weighted by Gasteiger charge is 2.29. The van der Waals surface area contributed by atoms with E-state index in [1.165, 1.54) is 6.33 Å². The van der Waals surface area contributed by atoms with Gasteiger partial charge in [-0.2, -0.15) is 5.26 Å². The second kappa shape index (κ2) is 7.77. The number of benzene rings is 1. The van der Waals surface area contributed by atoms with Crippen LogP contribution in [0.15, 0.2) is 24.7 Å². The maximum atomic E-state index is 9.37. The van der Waals surface area contributed by atoms with Crippen LogP contribution in [0, 0.1) is 11.3 Å². The Kier molecular flexibility index (Phi) is 5.21. The lowest BCUT2D eigenvalue weighted by Gasteiger charge is -2.41. The van der Waals surface area contributed by atoms with E-state index in [0.29, 0.717) is 5.56 Å². The second-order valence-electron chi connectivity index (χ2n) is 7.61. The van der Waals surface area contributed by atoms with Gasteiger partial charge in [-0.1, -0.05) is 0 Å². The Morgan fingerprint density at radius 3 is 2.81 bits per heavy atom. The molecule has 0 amide bonds. The van der Waals surface area contributed by atoms with Crippen molar-refractivity contribution < 1.29 is 4.74 Å². The summed E-state index contributed by atoms with van der Waals surface area (Å²) in [4.78, 5) is 15.8. The van der Waals surface area contributed by atoms with Crippen molar-refractivity contribution in [3.8, 4) is 6.07 Å². The van der Waals surface area contributed by atoms with E-state index in [-0.39, 0.29) is 12.2 Å². The molecule has 7 nitrogen and oxygen atoms in total. The minimum absolute atomic E-state index is 0.159. The van der Waals surface area contributed by atoms with E-state index in [2.05, 4.69) is 44.7 Å². The molecule has 0 bridgehead atoms. The van der Waals surface area contributed by atoms with Crippen molar-refractivity contribution in [1.29, 1.82) is 5.26 Å². The minimum atomic E-state index is 0.159. The number of nitriles is 1. The van der Waals surface area contributed by atoms with E-state index >= 15 is 0 Å². The molecule has 3 heterocycles. The summed E-state index contributed by atoms with van der Waals surface area (Å²) in [7, 11) is 2.18. The zero-order chi connectivity index (χ0) is 18.8. The first-order valence-corrected chi connectivity index (χ1v) is 9.58. The van der Waals surface area contributed by atoms with E-state index in [0.717, 1.165) is 62.4 Å². The number of nitrogens with zero attached hydrogens (tertiary/aromatic N) is 6. The number of hydrogen-bond acceptors (Lipinski definition) is 7. The van der Waals surface area contributed by atoms with Crippen molar-refractivity contribution in [1.82, 2.24) is 19.8 Å². The number of piperazine rings is 1. The molecule has 0 unspecified atom stereocenters. The monoisotopic (exact) mass is 366 g/mol. The summed E-state index contributed by atoms with van der Waals surface area (Å²) in [6.45, 7) is 9.18. The van der Waals surface area contributed by atoms with E-state index < -0.39 is 0 Å². The standard InChI is InChI=1S/C20H26N6O/c1-15-11-26(13-17(27-15)12-25-7-5-24(2)6-8-25)19-4-3-16(9-21)20-18(19)10-22-14-23-20/h3-4,10,14-15,17H,5-8,11-13H2,1-2H3/t15-,17+/m1/s1. The minimum Gasteiger partial charge on any atom is -0.370 e. The van der Waals surface area contributed by atoms with Crippen LogP contribution < -0.4 is 4.90 Å². The van der Waals surface area contributed by atoms with Crippen LogP contribution in [-0.2, 0) is 4.74 Å². The van der Waals surface area contributed by atoms with Crippen LogP contribution in [0.3, 0.4) is 0 Å². The Bertz CT molecular complexity index is 842. The van der Waals surface area contributed by atoms with Gasteiger partial charge in [-0.15, -0.1) is 0 Å². The largest absolute Gasteiger partial charge is 0.370 e. The van der Waals surface area contributed by atoms with Crippen LogP contribution >= 0.6 is 0 Å². The third kappa shape index (κ3) is 3.88. The molecule has 2 saturated heterocycles. The third-order valence-electron chi connectivity index (χ3n) is 5.50. The van der Waals surface area contributed by atoms with Gasteiger partial charge in [0, 0.05) is 63.1 Å².